The highest BCUT2D eigenvalue weighted by atomic mass is 31.1. The second-order valence-corrected chi connectivity index (χ2v) is 7.77. The molecule has 1 heteroatoms. The fourth-order valence-corrected chi connectivity index (χ4v) is 2.49. The summed E-state index contributed by atoms with van der Waals surface area (Å²) in [7, 11) is 1.15. The van der Waals surface area contributed by atoms with Crippen LogP contribution in [0.4, 0.5) is 0 Å². The molecular formula is C12H27P. The molecule has 0 N–H and O–H groups in total. The summed E-state index contributed by atoms with van der Waals surface area (Å²) >= 11 is 0. The van der Waals surface area contributed by atoms with E-state index in [1.807, 2.05) is 0 Å². The van der Waals surface area contributed by atoms with E-state index in [-0.39, 0.29) is 0 Å². The van der Waals surface area contributed by atoms with Crippen molar-refractivity contribution in [2.75, 3.05) is 6.16 Å². The zero-order valence-electron chi connectivity index (χ0n) is 10.1. The average molecular weight is 202 g/mol. The van der Waals surface area contributed by atoms with Crippen LogP contribution in [0.1, 0.15) is 60.3 Å². The Hall–Kier alpha value is 0.430. The standard InChI is InChI=1S/C12H27P/c1-11(2)9-7-6-8-10-13-12(3,4)5/h11,13H,6-10H2,1-5H3. The van der Waals surface area contributed by atoms with Gasteiger partial charge < -0.3 is 0 Å². The van der Waals surface area contributed by atoms with Gasteiger partial charge in [0.25, 0.3) is 0 Å². The summed E-state index contributed by atoms with van der Waals surface area (Å²) in [5.41, 5.74) is 0. The zero-order valence-corrected chi connectivity index (χ0v) is 11.1. The van der Waals surface area contributed by atoms with Gasteiger partial charge in [-0.2, -0.15) is 0 Å². The van der Waals surface area contributed by atoms with Crippen molar-refractivity contribution in [3.63, 3.8) is 0 Å². The highest BCUT2D eigenvalue weighted by molar-refractivity contribution is 7.39. The van der Waals surface area contributed by atoms with Crippen LogP contribution in [-0.2, 0) is 0 Å². The Labute approximate surface area is 86.7 Å². The van der Waals surface area contributed by atoms with Crippen LogP contribution in [-0.4, -0.2) is 11.3 Å². The van der Waals surface area contributed by atoms with Gasteiger partial charge in [-0.05, 0) is 23.7 Å². The van der Waals surface area contributed by atoms with Gasteiger partial charge in [0, 0.05) is 0 Å². The summed E-state index contributed by atoms with van der Waals surface area (Å²) in [6, 6.07) is 0. The molecule has 0 aromatic rings. The van der Waals surface area contributed by atoms with Gasteiger partial charge in [-0.3, -0.25) is 0 Å². The quantitative estimate of drug-likeness (QED) is 0.433. The van der Waals surface area contributed by atoms with Crippen molar-refractivity contribution in [2.24, 2.45) is 5.92 Å². The summed E-state index contributed by atoms with van der Waals surface area (Å²) < 4.78 is 0. The molecule has 1 atom stereocenters. The number of unbranched alkanes of at least 4 members (excludes halogenated alkanes) is 2. The van der Waals surface area contributed by atoms with Crippen molar-refractivity contribution in [1.29, 1.82) is 0 Å². The van der Waals surface area contributed by atoms with Crippen LogP contribution in [0.25, 0.3) is 0 Å². The maximum absolute atomic E-state index is 2.35. The molecule has 0 aliphatic rings. The zero-order chi connectivity index (χ0) is 10.3. The summed E-state index contributed by atoms with van der Waals surface area (Å²) in [6.07, 6.45) is 7.19. The Balaban J connectivity index is 3.09. The summed E-state index contributed by atoms with van der Waals surface area (Å²) in [6.45, 7) is 11.7. The molecule has 1 unspecified atom stereocenters. The molecule has 0 saturated heterocycles. The third kappa shape index (κ3) is 12.4. The Morgan fingerprint density at radius 3 is 2.08 bits per heavy atom. The van der Waals surface area contributed by atoms with E-state index in [2.05, 4.69) is 34.6 Å². The molecule has 0 bridgehead atoms. The molecule has 0 rings (SSSR count). The minimum absolute atomic E-state index is 0.568. The Morgan fingerprint density at radius 1 is 1.00 bits per heavy atom. The van der Waals surface area contributed by atoms with Gasteiger partial charge in [0.05, 0.1) is 0 Å². The van der Waals surface area contributed by atoms with Crippen molar-refractivity contribution in [2.45, 2.75) is 65.5 Å². The van der Waals surface area contributed by atoms with E-state index >= 15 is 0 Å². The largest absolute Gasteiger partial charge is 0.117 e. The van der Waals surface area contributed by atoms with Crippen molar-refractivity contribution < 1.29 is 0 Å². The molecule has 0 fully saturated rings. The Kier molecular flexibility index (Phi) is 7.05. The maximum atomic E-state index is 2.35. The van der Waals surface area contributed by atoms with Gasteiger partial charge in [-0.15, -0.1) is 8.58 Å². The topological polar surface area (TPSA) is 0 Å². The Morgan fingerprint density at radius 2 is 1.62 bits per heavy atom. The van der Waals surface area contributed by atoms with Crippen molar-refractivity contribution in [1.82, 2.24) is 0 Å². The number of rotatable bonds is 6. The molecule has 80 valence electrons. The first-order chi connectivity index (χ1) is 5.92. The van der Waals surface area contributed by atoms with Crippen molar-refractivity contribution >= 4 is 8.58 Å². The molecule has 13 heavy (non-hydrogen) atoms. The fourth-order valence-electron chi connectivity index (χ4n) is 1.32. The lowest BCUT2D eigenvalue weighted by Crippen LogP contribution is -2.05. The normalized spacial score (nSPS) is 13.4. The molecule has 0 heterocycles. The second kappa shape index (κ2) is 6.82. The van der Waals surface area contributed by atoms with Gasteiger partial charge in [0.1, 0.15) is 0 Å². The average Bonchev–Trinajstić information content (AvgIpc) is 1.93. The molecule has 0 aliphatic carbocycles. The predicted octanol–water partition coefficient (Wildman–Crippen LogP) is 4.68. The Bertz CT molecular complexity index is 111. The third-order valence-corrected chi connectivity index (χ3v) is 3.78. The van der Waals surface area contributed by atoms with E-state index in [9.17, 15) is 0 Å². The molecule has 0 spiro atoms. The van der Waals surface area contributed by atoms with Crippen LogP contribution in [0.15, 0.2) is 0 Å². The number of hydrogen-bond acceptors (Lipinski definition) is 0. The van der Waals surface area contributed by atoms with E-state index in [0.717, 1.165) is 14.5 Å². The van der Waals surface area contributed by atoms with E-state index in [1.165, 1.54) is 31.8 Å². The second-order valence-electron chi connectivity index (χ2n) is 5.42. The molecule has 0 saturated carbocycles. The summed E-state index contributed by atoms with van der Waals surface area (Å²) in [4.78, 5) is 0. The van der Waals surface area contributed by atoms with Crippen LogP contribution in [0, 0.1) is 5.92 Å². The first-order valence-electron chi connectivity index (χ1n) is 5.67. The van der Waals surface area contributed by atoms with Crippen LogP contribution in [0.5, 0.6) is 0 Å². The minimum atomic E-state index is 0.568. The van der Waals surface area contributed by atoms with Crippen molar-refractivity contribution in [3.8, 4) is 0 Å². The van der Waals surface area contributed by atoms with Crippen LogP contribution in [0.3, 0.4) is 0 Å². The lowest BCUT2D eigenvalue weighted by Gasteiger charge is -2.17. The smallest absolute Gasteiger partial charge is 0.0207 e. The number of hydrogen-bond donors (Lipinski definition) is 0. The maximum Gasteiger partial charge on any atom is -0.0207 e. The predicted molar refractivity (Wildman–Crippen MR) is 66.2 cm³/mol. The van der Waals surface area contributed by atoms with Gasteiger partial charge in [-0.25, -0.2) is 0 Å². The van der Waals surface area contributed by atoms with Crippen LogP contribution >= 0.6 is 8.58 Å². The summed E-state index contributed by atoms with van der Waals surface area (Å²) in [5.74, 6) is 0.894. The molecular weight excluding hydrogens is 175 g/mol. The molecule has 0 aromatic carbocycles. The summed E-state index contributed by atoms with van der Waals surface area (Å²) in [5, 5.41) is 0.568. The lowest BCUT2D eigenvalue weighted by atomic mass is 10.1. The third-order valence-electron chi connectivity index (χ3n) is 2.11. The molecule has 0 aliphatic heterocycles. The van der Waals surface area contributed by atoms with Gasteiger partial charge >= 0.3 is 0 Å². The molecule has 0 radical (unpaired) electrons. The van der Waals surface area contributed by atoms with Crippen LogP contribution in [0.2, 0.25) is 0 Å². The van der Waals surface area contributed by atoms with Crippen molar-refractivity contribution in [3.05, 3.63) is 0 Å². The molecule has 0 nitrogen and oxygen atoms in total. The van der Waals surface area contributed by atoms with E-state index in [1.54, 1.807) is 0 Å². The first kappa shape index (κ1) is 13.4. The van der Waals surface area contributed by atoms with E-state index < -0.39 is 0 Å². The van der Waals surface area contributed by atoms with E-state index in [4.69, 9.17) is 0 Å². The molecule has 0 amide bonds. The lowest BCUT2D eigenvalue weighted by molar-refractivity contribution is 0.535. The first-order valence-corrected chi connectivity index (χ1v) is 6.87. The highest BCUT2D eigenvalue weighted by Gasteiger charge is 2.08. The monoisotopic (exact) mass is 202 g/mol. The fraction of sp³-hybridized carbons (Fsp3) is 1.00. The van der Waals surface area contributed by atoms with Crippen LogP contribution < -0.4 is 0 Å². The van der Waals surface area contributed by atoms with E-state index in [0.29, 0.717) is 5.16 Å². The SMILES string of the molecule is CC(C)CCCCCPC(C)(C)C. The van der Waals surface area contributed by atoms with Gasteiger partial charge in [-0.1, -0.05) is 53.9 Å². The molecule has 0 aromatic heterocycles. The van der Waals surface area contributed by atoms with Gasteiger partial charge in [0.2, 0.25) is 0 Å². The minimum Gasteiger partial charge on any atom is -0.117 e. The van der Waals surface area contributed by atoms with Gasteiger partial charge in [0.15, 0.2) is 0 Å². The highest BCUT2D eigenvalue weighted by Crippen LogP contribution is 2.31.